The third-order valence-corrected chi connectivity index (χ3v) is 3.88. The van der Waals surface area contributed by atoms with E-state index in [1.165, 1.54) is 0 Å². The first-order valence-corrected chi connectivity index (χ1v) is 7.47. The summed E-state index contributed by atoms with van der Waals surface area (Å²) in [5.74, 6) is -0.908. The van der Waals surface area contributed by atoms with E-state index in [9.17, 15) is 4.79 Å². The summed E-state index contributed by atoms with van der Waals surface area (Å²) in [4.78, 5) is 11.1. The van der Waals surface area contributed by atoms with Crippen LogP contribution in [0.2, 0.25) is 10.0 Å². The molecule has 0 bridgehead atoms. The van der Waals surface area contributed by atoms with Gasteiger partial charge >= 0.3 is 5.97 Å². The van der Waals surface area contributed by atoms with Crippen molar-refractivity contribution in [2.75, 3.05) is 0 Å². The quantitative estimate of drug-likeness (QED) is 0.843. The molecular weight excluding hydrogens is 327 g/mol. The molecule has 0 radical (unpaired) electrons. The van der Waals surface area contributed by atoms with Gasteiger partial charge in [0.2, 0.25) is 0 Å². The van der Waals surface area contributed by atoms with Crippen molar-refractivity contribution >= 4 is 29.2 Å². The van der Waals surface area contributed by atoms with Crippen molar-refractivity contribution in [2.45, 2.75) is 26.4 Å². The summed E-state index contributed by atoms with van der Waals surface area (Å²) in [5.41, 5.74) is 1.37. The molecule has 0 amide bonds. The number of carbonyl (C=O) groups is 1. The van der Waals surface area contributed by atoms with Crippen molar-refractivity contribution in [1.29, 1.82) is 0 Å². The van der Waals surface area contributed by atoms with Crippen LogP contribution in [0.25, 0.3) is 5.69 Å². The summed E-state index contributed by atoms with van der Waals surface area (Å²) >= 11 is 11.8. The highest BCUT2D eigenvalue weighted by molar-refractivity contribution is 6.42. The molecule has 1 atom stereocenters. The third kappa shape index (κ3) is 3.97. The Bertz CT molecular complexity index is 673. The fraction of sp³-hybridized carbons (Fsp3) is 0.357. The van der Waals surface area contributed by atoms with E-state index >= 15 is 0 Å². The highest BCUT2D eigenvalue weighted by Crippen LogP contribution is 2.24. The zero-order valence-corrected chi connectivity index (χ0v) is 13.6. The first-order chi connectivity index (χ1) is 10.4. The van der Waals surface area contributed by atoms with Crippen molar-refractivity contribution < 1.29 is 9.90 Å². The van der Waals surface area contributed by atoms with Crippen molar-refractivity contribution in [2.24, 2.45) is 5.92 Å². The number of aromatic nitrogens is 3. The Labute approximate surface area is 138 Å². The summed E-state index contributed by atoms with van der Waals surface area (Å²) < 4.78 is 1.56. The Hall–Kier alpha value is -1.63. The lowest BCUT2D eigenvalue weighted by Gasteiger charge is -2.16. The van der Waals surface area contributed by atoms with Gasteiger partial charge in [-0.1, -0.05) is 42.3 Å². The molecule has 0 saturated heterocycles. The summed E-state index contributed by atoms with van der Waals surface area (Å²) in [6.07, 6.45) is 1.71. The average molecular weight is 343 g/mol. The van der Waals surface area contributed by atoms with Gasteiger partial charge in [-0.05, 0) is 24.1 Å². The average Bonchev–Trinajstić information content (AvgIpc) is 2.90. The van der Waals surface area contributed by atoms with Gasteiger partial charge in [0.25, 0.3) is 0 Å². The van der Waals surface area contributed by atoms with E-state index in [1.54, 1.807) is 29.1 Å². The van der Waals surface area contributed by atoms with Gasteiger partial charge in [-0.2, -0.15) is 0 Å². The minimum atomic E-state index is -0.883. The van der Waals surface area contributed by atoms with E-state index in [2.05, 4.69) is 15.6 Å². The maximum absolute atomic E-state index is 11.1. The van der Waals surface area contributed by atoms with Gasteiger partial charge in [-0.25, -0.2) is 4.68 Å². The lowest BCUT2D eigenvalue weighted by Crippen LogP contribution is -2.40. The largest absolute Gasteiger partial charge is 0.480 e. The molecule has 0 aliphatic heterocycles. The number of aliphatic carboxylic acids is 1. The van der Waals surface area contributed by atoms with Crippen LogP contribution in [-0.4, -0.2) is 32.1 Å². The first-order valence-electron chi connectivity index (χ1n) is 6.71. The Balaban J connectivity index is 2.08. The second kappa shape index (κ2) is 7.09. The van der Waals surface area contributed by atoms with Crippen LogP contribution in [-0.2, 0) is 11.3 Å². The highest BCUT2D eigenvalue weighted by Gasteiger charge is 2.20. The van der Waals surface area contributed by atoms with E-state index in [-0.39, 0.29) is 5.92 Å². The number of halogens is 2. The molecule has 0 spiro atoms. The molecule has 0 fully saturated rings. The monoisotopic (exact) mass is 342 g/mol. The van der Waals surface area contributed by atoms with Gasteiger partial charge in [0.1, 0.15) is 6.04 Å². The van der Waals surface area contributed by atoms with E-state index in [4.69, 9.17) is 28.3 Å². The van der Waals surface area contributed by atoms with Crippen LogP contribution in [0.15, 0.2) is 24.4 Å². The van der Waals surface area contributed by atoms with Crippen LogP contribution in [0.4, 0.5) is 0 Å². The van der Waals surface area contributed by atoms with Gasteiger partial charge in [0.05, 0.1) is 27.6 Å². The van der Waals surface area contributed by atoms with Crippen LogP contribution in [0.5, 0.6) is 0 Å². The predicted molar refractivity (Wildman–Crippen MR) is 84.5 cm³/mol. The molecule has 0 aliphatic carbocycles. The molecule has 1 heterocycles. The van der Waals surface area contributed by atoms with Crippen LogP contribution in [0.1, 0.15) is 19.5 Å². The van der Waals surface area contributed by atoms with Crippen molar-refractivity contribution in [1.82, 2.24) is 20.3 Å². The number of nitrogens with one attached hydrogen (secondary N) is 1. The summed E-state index contributed by atoms with van der Waals surface area (Å²) in [6.45, 7) is 4.01. The van der Waals surface area contributed by atoms with Crippen molar-refractivity contribution in [3.63, 3.8) is 0 Å². The maximum atomic E-state index is 11.1. The number of hydrogen-bond acceptors (Lipinski definition) is 4. The normalized spacial score (nSPS) is 12.6. The molecule has 118 valence electrons. The van der Waals surface area contributed by atoms with Crippen LogP contribution in [0, 0.1) is 5.92 Å². The zero-order valence-electron chi connectivity index (χ0n) is 12.1. The number of hydrogen-bond donors (Lipinski definition) is 2. The highest BCUT2D eigenvalue weighted by atomic mass is 35.5. The lowest BCUT2D eigenvalue weighted by atomic mass is 10.1. The zero-order chi connectivity index (χ0) is 16.3. The molecule has 0 saturated carbocycles. The van der Waals surface area contributed by atoms with Gasteiger partial charge in [-0.3, -0.25) is 10.1 Å². The molecule has 8 heteroatoms. The third-order valence-electron chi connectivity index (χ3n) is 3.14. The Kier molecular flexibility index (Phi) is 5.39. The van der Waals surface area contributed by atoms with Gasteiger partial charge in [-0.15, -0.1) is 5.10 Å². The van der Waals surface area contributed by atoms with Gasteiger partial charge in [0, 0.05) is 6.54 Å². The molecule has 2 rings (SSSR count). The molecule has 0 aliphatic rings. The van der Waals surface area contributed by atoms with E-state index in [1.807, 2.05) is 13.8 Å². The van der Waals surface area contributed by atoms with E-state index < -0.39 is 12.0 Å². The summed E-state index contributed by atoms with van der Waals surface area (Å²) in [5, 5.41) is 21.0. The smallest absolute Gasteiger partial charge is 0.320 e. The van der Waals surface area contributed by atoms with Gasteiger partial charge in [0.15, 0.2) is 0 Å². The number of carboxylic acids is 1. The molecule has 2 aromatic rings. The molecular formula is C14H16Cl2N4O2. The molecule has 1 aromatic heterocycles. The SMILES string of the molecule is CC(C)[C@@H](NCc1cn(-c2ccc(Cl)c(Cl)c2)nn1)C(=O)O. The Morgan fingerprint density at radius 2 is 2.09 bits per heavy atom. The number of carboxylic acid groups (broad SMARTS) is 1. The predicted octanol–water partition coefficient (Wildman–Crippen LogP) is 2.77. The van der Waals surface area contributed by atoms with Crippen LogP contribution >= 0.6 is 23.2 Å². The Morgan fingerprint density at radius 1 is 1.36 bits per heavy atom. The number of rotatable bonds is 6. The molecule has 0 unspecified atom stereocenters. The number of nitrogens with zero attached hydrogens (tertiary/aromatic N) is 3. The van der Waals surface area contributed by atoms with Crippen LogP contribution < -0.4 is 5.32 Å². The van der Waals surface area contributed by atoms with Gasteiger partial charge < -0.3 is 5.11 Å². The minimum absolute atomic E-state index is 0.0254. The molecule has 1 aromatic carbocycles. The molecule has 22 heavy (non-hydrogen) atoms. The van der Waals surface area contributed by atoms with Crippen molar-refractivity contribution in [3.8, 4) is 5.69 Å². The fourth-order valence-corrected chi connectivity index (χ4v) is 2.25. The molecule has 2 N–H and O–H groups in total. The second-order valence-electron chi connectivity index (χ2n) is 5.19. The van der Waals surface area contributed by atoms with Crippen LogP contribution in [0.3, 0.4) is 0 Å². The fourth-order valence-electron chi connectivity index (χ4n) is 1.96. The van der Waals surface area contributed by atoms with E-state index in [0.29, 0.717) is 22.3 Å². The lowest BCUT2D eigenvalue weighted by molar-refractivity contribution is -0.140. The standard InChI is InChI=1S/C14H16Cl2N4O2/c1-8(2)13(14(21)22)17-6-9-7-20(19-18-9)10-3-4-11(15)12(16)5-10/h3-5,7-8,13,17H,6H2,1-2H3,(H,21,22)/t13-/m1/s1. The topological polar surface area (TPSA) is 80.0 Å². The Morgan fingerprint density at radius 3 is 2.68 bits per heavy atom. The minimum Gasteiger partial charge on any atom is -0.480 e. The maximum Gasteiger partial charge on any atom is 0.320 e. The molecule has 6 nitrogen and oxygen atoms in total. The second-order valence-corrected chi connectivity index (χ2v) is 6.01. The van der Waals surface area contributed by atoms with E-state index in [0.717, 1.165) is 5.69 Å². The summed E-state index contributed by atoms with van der Waals surface area (Å²) in [7, 11) is 0. The first kappa shape index (κ1) is 16.7. The van der Waals surface area contributed by atoms with Crippen molar-refractivity contribution in [3.05, 3.63) is 40.1 Å². The summed E-state index contributed by atoms with van der Waals surface area (Å²) in [6, 6.07) is 4.51. The number of benzene rings is 1.